The van der Waals surface area contributed by atoms with Gasteiger partial charge in [0.2, 0.25) is 0 Å². The number of likely N-dealkylation sites (tertiary alicyclic amines) is 1. The van der Waals surface area contributed by atoms with Crippen molar-refractivity contribution >= 4 is 6.03 Å². The van der Waals surface area contributed by atoms with Gasteiger partial charge in [-0.1, -0.05) is 0 Å². The summed E-state index contributed by atoms with van der Waals surface area (Å²) < 4.78 is 10.7. The van der Waals surface area contributed by atoms with Crippen molar-refractivity contribution < 1.29 is 14.3 Å². The fraction of sp³-hybridized carbons (Fsp3) is 0.938. The minimum Gasteiger partial charge on any atom is -0.381 e. The van der Waals surface area contributed by atoms with Gasteiger partial charge < -0.3 is 19.7 Å². The predicted molar refractivity (Wildman–Crippen MR) is 83.9 cm³/mol. The van der Waals surface area contributed by atoms with Crippen molar-refractivity contribution in [1.82, 2.24) is 15.1 Å². The van der Waals surface area contributed by atoms with E-state index in [2.05, 4.69) is 10.2 Å². The van der Waals surface area contributed by atoms with Crippen LogP contribution < -0.4 is 5.32 Å². The van der Waals surface area contributed by atoms with Crippen molar-refractivity contribution in [2.24, 2.45) is 5.92 Å². The summed E-state index contributed by atoms with van der Waals surface area (Å²) in [7, 11) is 0. The molecular formula is C16H29N3O3. The van der Waals surface area contributed by atoms with Crippen LogP contribution in [0, 0.1) is 5.92 Å². The lowest BCUT2D eigenvalue weighted by molar-refractivity contribution is 0.0257. The molecule has 0 aromatic heterocycles. The molecule has 0 radical (unpaired) electrons. The molecule has 3 heterocycles. The number of carbonyl (C=O) groups excluding carboxylic acids is 1. The summed E-state index contributed by atoms with van der Waals surface area (Å²) in [6.45, 7) is 8.35. The number of piperidine rings is 1. The number of hydrogen-bond acceptors (Lipinski definition) is 4. The minimum atomic E-state index is 0.122. The zero-order valence-corrected chi connectivity index (χ0v) is 13.5. The van der Waals surface area contributed by atoms with Crippen LogP contribution in [-0.2, 0) is 9.47 Å². The maximum atomic E-state index is 12.3. The van der Waals surface area contributed by atoms with Crippen molar-refractivity contribution in [2.45, 2.75) is 31.7 Å². The summed E-state index contributed by atoms with van der Waals surface area (Å²) in [4.78, 5) is 16.8. The molecule has 3 rings (SSSR count). The first-order valence-corrected chi connectivity index (χ1v) is 8.74. The number of morpholine rings is 1. The first-order valence-electron chi connectivity index (χ1n) is 8.74. The SMILES string of the molecule is O=C(NC1CCOCC1)N1CCC(CN2CCOCC2)CC1. The average molecular weight is 311 g/mol. The Morgan fingerprint density at radius 2 is 1.55 bits per heavy atom. The van der Waals surface area contributed by atoms with Crippen molar-refractivity contribution in [3.8, 4) is 0 Å². The number of hydrogen-bond donors (Lipinski definition) is 1. The normalized spacial score (nSPS) is 26.1. The smallest absolute Gasteiger partial charge is 0.317 e. The molecule has 22 heavy (non-hydrogen) atoms. The van der Waals surface area contributed by atoms with Crippen LogP contribution in [0.5, 0.6) is 0 Å². The van der Waals surface area contributed by atoms with Gasteiger partial charge in [-0.25, -0.2) is 4.79 Å². The molecule has 3 aliphatic rings. The van der Waals surface area contributed by atoms with Gasteiger partial charge in [0.1, 0.15) is 0 Å². The molecule has 0 aromatic rings. The molecule has 0 atom stereocenters. The highest BCUT2D eigenvalue weighted by Crippen LogP contribution is 2.19. The van der Waals surface area contributed by atoms with Crippen LogP contribution in [0.15, 0.2) is 0 Å². The summed E-state index contributed by atoms with van der Waals surface area (Å²) in [6.07, 6.45) is 4.13. The number of ether oxygens (including phenoxy) is 2. The Balaban J connectivity index is 1.36. The van der Waals surface area contributed by atoms with Crippen LogP contribution in [0.3, 0.4) is 0 Å². The first-order chi connectivity index (χ1) is 10.8. The lowest BCUT2D eigenvalue weighted by Crippen LogP contribution is -2.50. The number of rotatable bonds is 3. The summed E-state index contributed by atoms with van der Waals surface area (Å²) in [5.74, 6) is 0.727. The summed E-state index contributed by atoms with van der Waals surface area (Å²) in [5.41, 5.74) is 0. The lowest BCUT2D eigenvalue weighted by Gasteiger charge is -2.36. The van der Waals surface area contributed by atoms with E-state index in [0.717, 1.165) is 84.2 Å². The van der Waals surface area contributed by atoms with Gasteiger partial charge in [-0.2, -0.15) is 0 Å². The van der Waals surface area contributed by atoms with Gasteiger partial charge >= 0.3 is 6.03 Å². The van der Waals surface area contributed by atoms with Gasteiger partial charge in [0.05, 0.1) is 13.2 Å². The quantitative estimate of drug-likeness (QED) is 0.842. The highest BCUT2D eigenvalue weighted by Gasteiger charge is 2.26. The van der Waals surface area contributed by atoms with E-state index < -0.39 is 0 Å². The minimum absolute atomic E-state index is 0.122. The van der Waals surface area contributed by atoms with Gasteiger partial charge in [0.15, 0.2) is 0 Å². The van der Waals surface area contributed by atoms with Crippen molar-refractivity contribution in [3.63, 3.8) is 0 Å². The Bertz CT molecular complexity index is 347. The standard InChI is InChI=1S/C16H29N3O3/c20-16(17-15-3-9-21-10-4-15)19-5-1-14(2-6-19)13-18-7-11-22-12-8-18/h14-15H,1-13H2,(H,17,20). The highest BCUT2D eigenvalue weighted by molar-refractivity contribution is 5.74. The molecule has 0 saturated carbocycles. The van der Waals surface area contributed by atoms with E-state index in [9.17, 15) is 4.79 Å². The van der Waals surface area contributed by atoms with E-state index >= 15 is 0 Å². The molecule has 0 spiro atoms. The second kappa shape index (κ2) is 8.13. The van der Waals surface area contributed by atoms with Gasteiger partial charge in [0, 0.05) is 52.0 Å². The Labute approximate surface area is 133 Å². The number of carbonyl (C=O) groups is 1. The Hall–Kier alpha value is -0.850. The third kappa shape index (κ3) is 4.57. The van der Waals surface area contributed by atoms with Gasteiger partial charge in [0.25, 0.3) is 0 Å². The molecule has 0 unspecified atom stereocenters. The Kier molecular flexibility index (Phi) is 5.92. The van der Waals surface area contributed by atoms with Crippen molar-refractivity contribution in [3.05, 3.63) is 0 Å². The van der Waals surface area contributed by atoms with Gasteiger partial charge in [-0.15, -0.1) is 0 Å². The second-order valence-corrected chi connectivity index (χ2v) is 6.68. The van der Waals surface area contributed by atoms with Crippen LogP contribution in [0.2, 0.25) is 0 Å². The molecule has 3 saturated heterocycles. The molecule has 6 nitrogen and oxygen atoms in total. The van der Waals surface area contributed by atoms with E-state index in [1.54, 1.807) is 0 Å². The fourth-order valence-corrected chi connectivity index (χ4v) is 3.58. The molecule has 1 N–H and O–H groups in total. The molecule has 126 valence electrons. The van der Waals surface area contributed by atoms with Crippen LogP contribution in [-0.4, -0.2) is 81.0 Å². The summed E-state index contributed by atoms with van der Waals surface area (Å²) >= 11 is 0. The van der Waals surface area contributed by atoms with Crippen LogP contribution in [0.25, 0.3) is 0 Å². The third-order valence-electron chi connectivity index (χ3n) is 5.07. The van der Waals surface area contributed by atoms with E-state index in [1.165, 1.54) is 6.54 Å². The highest BCUT2D eigenvalue weighted by atomic mass is 16.5. The molecule has 0 bridgehead atoms. The molecule has 0 aliphatic carbocycles. The zero-order chi connectivity index (χ0) is 15.2. The van der Waals surface area contributed by atoms with E-state index in [0.29, 0.717) is 6.04 Å². The molecular weight excluding hydrogens is 282 g/mol. The summed E-state index contributed by atoms with van der Waals surface area (Å²) in [5, 5.41) is 3.16. The number of urea groups is 1. The number of nitrogens with one attached hydrogen (secondary N) is 1. The largest absolute Gasteiger partial charge is 0.381 e. The molecule has 3 fully saturated rings. The lowest BCUT2D eigenvalue weighted by atomic mass is 9.96. The molecule has 2 amide bonds. The topological polar surface area (TPSA) is 54.0 Å². The molecule has 6 heteroatoms. The zero-order valence-electron chi connectivity index (χ0n) is 13.5. The van der Waals surface area contributed by atoms with Crippen LogP contribution in [0.4, 0.5) is 4.79 Å². The monoisotopic (exact) mass is 311 g/mol. The first kappa shape index (κ1) is 16.0. The van der Waals surface area contributed by atoms with Crippen molar-refractivity contribution in [2.75, 3.05) is 59.2 Å². The predicted octanol–water partition coefficient (Wildman–Crippen LogP) is 0.919. The van der Waals surface area contributed by atoms with E-state index in [4.69, 9.17) is 9.47 Å². The Morgan fingerprint density at radius 1 is 0.909 bits per heavy atom. The maximum Gasteiger partial charge on any atom is 0.317 e. The number of nitrogens with zero attached hydrogens (tertiary/aromatic N) is 2. The van der Waals surface area contributed by atoms with Crippen molar-refractivity contribution in [1.29, 1.82) is 0 Å². The van der Waals surface area contributed by atoms with Crippen LogP contribution in [0.1, 0.15) is 25.7 Å². The fourth-order valence-electron chi connectivity index (χ4n) is 3.58. The molecule has 0 aromatic carbocycles. The van der Waals surface area contributed by atoms with E-state index in [1.807, 2.05) is 4.90 Å². The number of amides is 2. The Morgan fingerprint density at radius 3 is 2.23 bits per heavy atom. The molecule has 3 aliphatic heterocycles. The third-order valence-corrected chi connectivity index (χ3v) is 5.07. The van der Waals surface area contributed by atoms with Crippen LogP contribution >= 0.6 is 0 Å². The average Bonchev–Trinajstić information content (AvgIpc) is 2.57. The van der Waals surface area contributed by atoms with E-state index in [-0.39, 0.29) is 6.03 Å². The maximum absolute atomic E-state index is 12.3. The van der Waals surface area contributed by atoms with Gasteiger partial charge in [-0.3, -0.25) is 4.90 Å². The summed E-state index contributed by atoms with van der Waals surface area (Å²) in [6, 6.07) is 0.420. The van der Waals surface area contributed by atoms with Gasteiger partial charge in [-0.05, 0) is 31.6 Å². The second-order valence-electron chi connectivity index (χ2n) is 6.68.